The second kappa shape index (κ2) is 7.43. The van der Waals surface area contributed by atoms with Crippen molar-refractivity contribution in [3.05, 3.63) is 76.8 Å². The van der Waals surface area contributed by atoms with Crippen LogP contribution >= 0.6 is 11.3 Å². The number of rotatable bonds is 5. The summed E-state index contributed by atoms with van der Waals surface area (Å²) in [6.07, 6.45) is 3.32. The van der Waals surface area contributed by atoms with E-state index in [9.17, 15) is 4.79 Å². The molecular formula is C20H15N3O3S. The van der Waals surface area contributed by atoms with Gasteiger partial charge >= 0.3 is 5.63 Å². The van der Waals surface area contributed by atoms with Crippen molar-refractivity contribution in [1.82, 2.24) is 4.98 Å². The molecule has 0 saturated heterocycles. The highest BCUT2D eigenvalue weighted by Crippen LogP contribution is 2.28. The molecule has 0 spiro atoms. The highest BCUT2D eigenvalue weighted by Gasteiger charge is 2.11. The first-order valence-corrected chi connectivity index (χ1v) is 8.97. The Kier molecular flexibility index (Phi) is 4.67. The Hall–Kier alpha value is -3.45. The number of nitrogens with zero attached hydrogens (tertiary/aromatic N) is 2. The molecule has 0 aliphatic heterocycles. The first-order chi connectivity index (χ1) is 13.2. The van der Waals surface area contributed by atoms with Crippen LogP contribution in [0.15, 0.2) is 75.1 Å². The molecule has 4 rings (SSSR count). The van der Waals surface area contributed by atoms with Crippen LogP contribution in [0.3, 0.4) is 0 Å². The molecule has 0 radical (unpaired) electrons. The number of ether oxygens (including phenoxy) is 1. The maximum atomic E-state index is 12.2. The van der Waals surface area contributed by atoms with Crippen molar-refractivity contribution >= 4 is 33.7 Å². The molecule has 7 heteroatoms. The number of para-hydroxylation sites is 1. The van der Waals surface area contributed by atoms with Gasteiger partial charge in [0.25, 0.3) is 0 Å². The van der Waals surface area contributed by atoms with Crippen LogP contribution in [0.1, 0.15) is 5.56 Å². The summed E-state index contributed by atoms with van der Waals surface area (Å²) in [5, 5.41) is 5.63. The fourth-order valence-corrected chi connectivity index (χ4v) is 3.31. The summed E-state index contributed by atoms with van der Waals surface area (Å²) in [5.41, 5.74) is 4.48. The number of hydrogen-bond acceptors (Lipinski definition) is 7. The minimum Gasteiger partial charge on any atom is -0.497 e. The lowest BCUT2D eigenvalue weighted by molar-refractivity contribution is 0.415. The van der Waals surface area contributed by atoms with E-state index in [1.807, 2.05) is 48.5 Å². The van der Waals surface area contributed by atoms with Gasteiger partial charge in [0.15, 0.2) is 0 Å². The van der Waals surface area contributed by atoms with E-state index in [4.69, 9.17) is 9.15 Å². The molecular weight excluding hydrogens is 362 g/mol. The maximum absolute atomic E-state index is 12.2. The number of fused-ring (bicyclic) bond motifs is 1. The highest BCUT2D eigenvalue weighted by atomic mass is 32.1. The monoisotopic (exact) mass is 377 g/mol. The number of anilines is 1. The van der Waals surface area contributed by atoms with Gasteiger partial charge in [0.05, 0.1) is 23.8 Å². The Bertz CT molecular complexity index is 1160. The minimum absolute atomic E-state index is 0.384. The lowest BCUT2D eigenvalue weighted by atomic mass is 10.2. The first kappa shape index (κ1) is 17.0. The second-order valence-corrected chi connectivity index (χ2v) is 6.69. The van der Waals surface area contributed by atoms with Gasteiger partial charge < -0.3 is 9.15 Å². The third-order valence-corrected chi connectivity index (χ3v) is 4.84. The zero-order valence-electron chi connectivity index (χ0n) is 14.4. The van der Waals surface area contributed by atoms with Crippen molar-refractivity contribution in [1.29, 1.82) is 0 Å². The van der Waals surface area contributed by atoms with Crippen molar-refractivity contribution in [2.45, 2.75) is 0 Å². The van der Waals surface area contributed by atoms with Gasteiger partial charge in [0.1, 0.15) is 11.3 Å². The Labute approximate surface area is 158 Å². The van der Waals surface area contributed by atoms with Crippen LogP contribution in [0.2, 0.25) is 0 Å². The van der Waals surface area contributed by atoms with Gasteiger partial charge in [0.2, 0.25) is 5.13 Å². The topological polar surface area (TPSA) is 76.7 Å². The maximum Gasteiger partial charge on any atom is 0.345 e. The molecule has 2 aromatic carbocycles. The van der Waals surface area contributed by atoms with Crippen LogP contribution < -0.4 is 15.8 Å². The van der Waals surface area contributed by atoms with Crippen molar-refractivity contribution in [3.8, 4) is 16.2 Å². The largest absolute Gasteiger partial charge is 0.497 e. The van der Waals surface area contributed by atoms with Crippen LogP contribution in [0, 0.1) is 0 Å². The van der Waals surface area contributed by atoms with E-state index in [1.54, 1.807) is 25.6 Å². The number of benzene rings is 2. The van der Waals surface area contributed by atoms with Gasteiger partial charge in [-0.15, -0.1) is 0 Å². The van der Waals surface area contributed by atoms with E-state index in [-0.39, 0.29) is 5.63 Å². The Morgan fingerprint density at radius 1 is 1.19 bits per heavy atom. The van der Waals surface area contributed by atoms with E-state index in [2.05, 4.69) is 15.5 Å². The van der Waals surface area contributed by atoms with Crippen molar-refractivity contribution in [3.63, 3.8) is 0 Å². The fourth-order valence-electron chi connectivity index (χ4n) is 2.54. The van der Waals surface area contributed by atoms with Gasteiger partial charge in [-0.2, -0.15) is 5.10 Å². The molecule has 0 fully saturated rings. The molecule has 134 valence electrons. The highest BCUT2D eigenvalue weighted by molar-refractivity contribution is 7.18. The zero-order valence-corrected chi connectivity index (χ0v) is 15.2. The molecule has 4 aromatic rings. The van der Waals surface area contributed by atoms with Gasteiger partial charge in [-0.25, -0.2) is 9.78 Å². The van der Waals surface area contributed by atoms with Crippen LogP contribution in [-0.2, 0) is 0 Å². The third kappa shape index (κ3) is 3.73. The van der Waals surface area contributed by atoms with E-state index >= 15 is 0 Å². The number of hydrogen-bond donors (Lipinski definition) is 1. The average Bonchev–Trinajstić information content (AvgIpc) is 3.16. The molecule has 0 aliphatic rings. The quantitative estimate of drug-likeness (QED) is 0.317. The summed E-state index contributed by atoms with van der Waals surface area (Å²) in [7, 11) is 1.63. The summed E-state index contributed by atoms with van der Waals surface area (Å²) < 4.78 is 10.5. The molecule has 6 nitrogen and oxygen atoms in total. The molecule has 0 unspecified atom stereocenters. The van der Waals surface area contributed by atoms with Crippen LogP contribution in [0.5, 0.6) is 5.75 Å². The predicted octanol–water partition coefficient (Wildman–Crippen LogP) is 4.37. The molecule has 0 atom stereocenters. The summed E-state index contributed by atoms with van der Waals surface area (Å²) in [6, 6.07) is 16.8. The molecule has 27 heavy (non-hydrogen) atoms. The second-order valence-electron chi connectivity index (χ2n) is 5.66. The molecule has 0 aliphatic carbocycles. The van der Waals surface area contributed by atoms with Gasteiger partial charge in [-0.1, -0.05) is 29.5 Å². The van der Waals surface area contributed by atoms with E-state index in [0.717, 1.165) is 21.6 Å². The smallest absolute Gasteiger partial charge is 0.345 e. The van der Waals surface area contributed by atoms with E-state index in [1.165, 1.54) is 11.3 Å². The van der Waals surface area contributed by atoms with Gasteiger partial charge in [0, 0.05) is 11.6 Å². The molecule has 0 amide bonds. The normalized spacial score (nSPS) is 11.1. The summed E-state index contributed by atoms with van der Waals surface area (Å²) >= 11 is 1.33. The Morgan fingerprint density at radius 3 is 2.81 bits per heavy atom. The van der Waals surface area contributed by atoms with Crippen LogP contribution in [-0.4, -0.2) is 18.3 Å². The Morgan fingerprint density at radius 2 is 2.00 bits per heavy atom. The predicted molar refractivity (Wildman–Crippen MR) is 108 cm³/mol. The average molecular weight is 377 g/mol. The van der Waals surface area contributed by atoms with Crippen molar-refractivity contribution in [2.24, 2.45) is 5.10 Å². The lowest BCUT2D eigenvalue weighted by Crippen LogP contribution is -2.01. The number of thiazole rings is 1. The molecule has 0 saturated carbocycles. The molecule has 2 aromatic heterocycles. The van der Waals surface area contributed by atoms with Crippen LogP contribution in [0.25, 0.3) is 21.4 Å². The van der Waals surface area contributed by atoms with Gasteiger partial charge in [-0.3, -0.25) is 5.43 Å². The number of aromatic nitrogens is 1. The molecule has 1 N–H and O–H groups in total. The summed E-state index contributed by atoms with van der Waals surface area (Å²) in [6.45, 7) is 0. The van der Waals surface area contributed by atoms with Crippen molar-refractivity contribution < 1.29 is 9.15 Å². The molecule has 0 bridgehead atoms. The van der Waals surface area contributed by atoms with E-state index in [0.29, 0.717) is 16.3 Å². The fraction of sp³-hybridized carbons (Fsp3) is 0.0500. The summed E-state index contributed by atoms with van der Waals surface area (Å²) in [4.78, 5) is 17.2. The van der Waals surface area contributed by atoms with Crippen molar-refractivity contribution in [2.75, 3.05) is 12.5 Å². The number of methoxy groups -OCH3 is 1. The SMILES string of the molecule is COc1ccc(/C=N/Nc2ncc(-c3cc4ccccc4oc3=O)s2)cc1. The zero-order chi connectivity index (χ0) is 18.6. The lowest BCUT2D eigenvalue weighted by Gasteiger charge is -1.99. The standard InChI is InChI=1S/C20H15N3O3S/c1-25-15-8-6-13(7-9-15)11-22-23-20-21-12-18(27-20)16-10-14-4-2-3-5-17(14)26-19(16)24/h2-12H,1H3,(H,21,23)/b22-11+. The van der Waals surface area contributed by atoms with E-state index < -0.39 is 0 Å². The summed E-state index contributed by atoms with van der Waals surface area (Å²) in [5.74, 6) is 0.791. The minimum atomic E-state index is -0.384. The van der Waals surface area contributed by atoms with Crippen LogP contribution in [0.4, 0.5) is 5.13 Å². The number of nitrogens with one attached hydrogen (secondary N) is 1. The molecule has 2 heterocycles. The third-order valence-electron chi connectivity index (χ3n) is 3.90. The number of hydrazone groups is 1. The Balaban J connectivity index is 1.52. The van der Waals surface area contributed by atoms with Gasteiger partial charge in [-0.05, 0) is 42.0 Å². The first-order valence-electron chi connectivity index (χ1n) is 8.15.